The van der Waals surface area contributed by atoms with Gasteiger partial charge in [0.05, 0.1) is 24.9 Å². The molecule has 4 N–H and O–H groups in total. The van der Waals surface area contributed by atoms with Crippen LogP contribution in [0.4, 0.5) is 0 Å². The third-order valence-electron chi connectivity index (χ3n) is 14.5. The van der Waals surface area contributed by atoms with E-state index in [0.29, 0.717) is 35.6 Å². The van der Waals surface area contributed by atoms with Crippen LogP contribution in [0.2, 0.25) is 0 Å². The van der Waals surface area contributed by atoms with Crippen LogP contribution in [0.15, 0.2) is 0 Å². The largest absolute Gasteiger partial charge is 0.394 e. The van der Waals surface area contributed by atoms with Crippen LogP contribution in [-0.4, -0.2) is 123 Å². The van der Waals surface area contributed by atoms with Gasteiger partial charge in [-0.05, 0) is 113 Å². The Bertz CT molecular complexity index is 1170. The van der Waals surface area contributed by atoms with E-state index in [1.165, 1.54) is 6.42 Å². The lowest BCUT2D eigenvalue weighted by Gasteiger charge is -2.62. The third-order valence-corrected chi connectivity index (χ3v) is 14.5. The molecular weight excluding hydrogens is 660 g/mol. The maximum absolute atomic E-state index is 14.3. The molecule has 6 unspecified atom stereocenters. The van der Waals surface area contributed by atoms with Gasteiger partial charge in [0.2, 0.25) is 11.8 Å². The number of rotatable bonds is 15. The van der Waals surface area contributed by atoms with Gasteiger partial charge in [-0.3, -0.25) is 14.4 Å². The minimum absolute atomic E-state index is 0.0484. The van der Waals surface area contributed by atoms with Crippen LogP contribution in [0.25, 0.3) is 0 Å². The number of hydrogen-bond donors (Lipinski definition) is 4. The van der Waals surface area contributed by atoms with E-state index in [2.05, 4.69) is 64.2 Å². The summed E-state index contributed by atoms with van der Waals surface area (Å²) < 4.78 is 12.5. The number of carbonyl (C=O) groups excluding carboxylic acids is 2. The molecule has 0 aromatic rings. The number of nitrogens with zero attached hydrogens (tertiary/aromatic N) is 2. The van der Waals surface area contributed by atoms with Crippen LogP contribution >= 0.6 is 0 Å². The van der Waals surface area contributed by atoms with Crippen molar-refractivity contribution in [2.75, 3.05) is 48.0 Å². The molecule has 6 rings (SSSR count). The Morgan fingerprint density at radius 2 is 1.73 bits per heavy atom. The van der Waals surface area contributed by atoms with E-state index in [0.717, 1.165) is 57.9 Å². The van der Waals surface area contributed by atoms with Crippen LogP contribution in [0.1, 0.15) is 99.3 Å². The van der Waals surface area contributed by atoms with E-state index >= 15 is 0 Å². The quantitative estimate of drug-likeness (QED) is 0.196. The van der Waals surface area contributed by atoms with Crippen molar-refractivity contribution in [2.24, 2.45) is 58.7 Å². The van der Waals surface area contributed by atoms with Gasteiger partial charge in [-0.2, -0.15) is 5.06 Å². The van der Waals surface area contributed by atoms with Gasteiger partial charge in [0, 0.05) is 57.1 Å². The molecule has 1 saturated heterocycles. The number of methoxy groups -OCH3 is 2. The van der Waals surface area contributed by atoms with Gasteiger partial charge in [0.1, 0.15) is 12.1 Å². The second-order valence-electron chi connectivity index (χ2n) is 18.9. The van der Waals surface area contributed by atoms with Crippen molar-refractivity contribution in [3.8, 4) is 0 Å². The SMILES string of the molecule is COC1CCC(C(=O)N[C@@H](CC(C)C)CN(C)C)CC1C1CCCC(CN2O[C@@H](CO)[C@H]([C@H](C)O)[C@H]2C(=O)N[C@H]2C[C@H]3C[C@@H]([C@@H]2C)C3(C)C)C1OC. The Morgan fingerprint density at radius 3 is 2.31 bits per heavy atom. The summed E-state index contributed by atoms with van der Waals surface area (Å²) in [6, 6.07) is -0.515. The Hall–Kier alpha value is -1.34. The lowest BCUT2D eigenvalue weighted by atomic mass is 9.45. The van der Waals surface area contributed by atoms with E-state index in [4.69, 9.17) is 14.3 Å². The fourth-order valence-electron chi connectivity index (χ4n) is 11.7. The monoisotopic (exact) mass is 735 g/mol. The molecule has 15 atom stereocenters. The van der Waals surface area contributed by atoms with Crippen molar-refractivity contribution in [3.05, 3.63) is 0 Å². The molecule has 1 aliphatic heterocycles. The average Bonchev–Trinajstić information content (AvgIpc) is 3.46. The second-order valence-corrected chi connectivity index (χ2v) is 18.9. The lowest BCUT2D eigenvalue weighted by Crippen LogP contribution is -2.62. The maximum Gasteiger partial charge on any atom is 0.240 e. The highest BCUT2D eigenvalue weighted by Gasteiger charge is 2.58. The van der Waals surface area contributed by atoms with Crippen LogP contribution in [0.3, 0.4) is 0 Å². The molecule has 52 heavy (non-hydrogen) atoms. The number of hydrogen-bond acceptors (Lipinski definition) is 9. The standard InChI is InChI=1S/C41H74N4O7/c1-23(2)16-29(21-44(7)8)42-39(48)26-14-15-34(50-9)31(17-26)30-13-11-12-27(38(30)51-10)20-45-37(36(25(4)47)35(22-46)52-45)40(49)43-33-19-28-18-32(24(33)3)41(28,5)6/h23-38,46-47H,11-22H2,1-10H3,(H,42,48)(H,43,49)/t24-,25-,26?,27?,28+,29-,30?,31?,32-,33-,34?,35-,36-,37-,38?/m0/s1. The Balaban J connectivity index is 1.30. The average molecular weight is 735 g/mol. The number of hydroxylamine groups is 2. The number of likely N-dealkylation sites (N-methyl/N-ethyl adjacent to an activating group) is 1. The predicted octanol–water partition coefficient (Wildman–Crippen LogP) is 4.10. The van der Waals surface area contributed by atoms with Crippen molar-refractivity contribution >= 4 is 11.8 Å². The topological polar surface area (TPSA) is 133 Å². The van der Waals surface area contributed by atoms with Crippen LogP contribution < -0.4 is 10.6 Å². The molecule has 0 radical (unpaired) electrons. The molecular formula is C41H74N4O7. The molecule has 11 nitrogen and oxygen atoms in total. The fraction of sp³-hybridized carbons (Fsp3) is 0.951. The van der Waals surface area contributed by atoms with Crippen molar-refractivity contribution in [2.45, 2.75) is 142 Å². The van der Waals surface area contributed by atoms with Gasteiger partial charge in [-0.25, -0.2) is 0 Å². The van der Waals surface area contributed by atoms with Gasteiger partial charge in [0.25, 0.3) is 0 Å². The fourth-order valence-corrected chi connectivity index (χ4v) is 11.7. The molecule has 5 aliphatic carbocycles. The molecule has 6 aliphatic rings. The van der Waals surface area contributed by atoms with E-state index in [1.54, 1.807) is 26.2 Å². The zero-order chi connectivity index (χ0) is 38.1. The van der Waals surface area contributed by atoms with Crippen LogP contribution in [0, 0.1) is 58.7 Å². The number of ether oxygens (including phenoxy) is 2. The summed E-state index contributed by atoms with van der Waals surface area (Å²) in [4.78, 5) is 36.6. The summed E-state index contributed by atoms with van der Waals surface area (Å²) in [6.45, 7) is 14.1. The number of nitrogens with one attached hydrogen (secondary N) is 2. The summed E-state index contributed by atoms with van der Waals surface area (Å²) >= 11 is 0. The normalized spacial score (nSPS) is 40.3. The predicted molar refractivity (Wildman–Crippen MR) is 202 cm³/mol. The summed E-state index contributed by atoms with van der Waals surface area (Å²) in [6.07, 6.45) is 6.89. The zero-order valence-electron chi connectivity index (χ0n) is 34.1. The summed E-state index contributed by atoms with van der Waals surface area (Å²) in [5.41, 5.74) is 0.312. The zero-order valence-corrected chi connectivity index (χ0v) is 34.1. The number of amides is 2. The first kappa shape index (κ1) is 41.8. The summed E-state index contributed by atoms with van der Waals surface area (Å²) in [7, 11) is 7.68. The maximum atomic E-state index is 14.3. The van der Waals surface area contributed by atoms with E-state index < -0.39 is 24.2 Å². The van der Waals surface area contributed by atoms with Crippen molar-refractivity contribution in [1.82, 2.24) is 20.6 Å². The highest BCUT2D eigenvalue weighted by atomic mass is 16.7. The first-order chi connectivity index (χ1) is 24.6. The van der Waals surface area contributed by atoms with E-state index in [1.807, 2.05) is 0 Å². The molecule has 300 valence electrons. The van der Waals surface area contributed by atoms with Gasteiger partial charge < -0.3 is 35.2 Å². The molecule has 11 heteroatoms. The molecule has 1 heterocycles. The van der Waals surface area contributed by atoms with Crippen LogP contribution in [-0.2, 0) is 23.9 Å². The highest BCUT2D eigenvalue weighted by molar-refractivity contribution is 5.83. The molecule has 2 bridgehead atoms. The highest BCUT2D eigenvalue weighted by Crippen LogP contribution is 2.61. The van der Waals surface area contributed by atoms with Gasteiger partial charge >= 0.3 is 0 Å². The first-order valence-electron chi connectivity index (χ1n) is 20.6. The van der Waals surface area contributed by atoms with E-state index in [9.17, 15) is 19.8 Å². The molecule has 6 fully saturated rings. The van der Waals surface area contributed by atoms with E-state index in [-0.39, 0.29) is 66.4 Å². The van der Waals surface area contributed by atoms with Crippen molar-refractivity contribution in [3.63, 3.8) is 0 Å². The van der Waals surface area contributed by atoms with Gasteiger partial charge in [0.15, 0.2) is 0 Å². The number of aliphatic hydroxyl groups is 2. The molecule has 0 aromatic heterocycles. The summed E-state index contributed by atoms with van der Waals surface area (Å²) in [5, 5.41) is 30.0. The van der Waals surface area contributed by atoms with Crippen molar-refractivity contribution < 1.29 is 34.1 Å². The van der Waals surface area contributed by atoms with Crippen LogP contribution in [0.5, 0.6) is 0 Å². The number of carbonyl (C=O) groups is 2. The molecule has 0 aromatic carbocycles. The molecule has 5 saturated carbocycles. The molecule has 0 spiro atoms. The van der Waals surface area contributed by atoms with Gasteiger partial charge in [-0.15, -0.1) is 0 Å². The third kappa shape index (κ3) is 8.87. The smallest absolute Gasteiger partial charge is 0.240 e. The number of aliphatic hydroxyl groups excluding tert-OH is 2. The Morgan fingerprint density at radius 1 is 1.00 bits per heavy atom. The lowest BCUT2D eigenvalue weighted by molar-refractivity contribution is -0.194. The first-order valence-corrected chi connectivity index (χ1v) is 20.6. The van der Waals surface area contributed by atoms with Crippen molar-refractivity contribution in [1.29, 1.82) is 0 Å². The Kier molecular flexibility index (Phi) is 14.2. The summed E-state index contributed by atoms with van der Waals surface area (Å²) in [5.74, 6) is 1.88. The number of fused-ring (bicyclic) bond motifs is 2. The minimum Gasteiger partial charge on any atom is -0.394 e. The second kappa shape index (κ2) is 17.6. The van der Waals surface area contributed by atoms with Gasteiger partial charge in [-0.1, -0.05) is 41.0 Å². The molecule has 2 amide bonds. The minimum atomic E-state index is -0.836. The Labute approximate surface area is 314 Å².